The molecule has 8 nitrogen and oxygen atoms in total. The van der Waals surface area contributed by atoms with Crippen molar-refractivity contribution in [1.29, 1.82) is 5.26 Å². The summed E-state index contributed by atoms with van der Waals surface area (Å²) in [6.45, 7) is 3.59. The van der Waals surface area contributed by atoms with Crippen molar-refractivity contribution in [3.8, 4) is 6.07 Å². The van der Waals surface area contributed by atoms with Crippen molar-refractivity contribution >= 4 is 36.5 Å². The lowest BCUT2D eigenvalue weighted by molar-refractivity contribution is 0.103. The van der Waals surface area contributed by atoms with E-state index in [4.69, 9.17) is 0 Å². The summed E-state index contributed by atoms with van der Waals surface area (Å²) in [4.78, 5) is 14.9. The molecule has 0 amide bonds. The van der Waals surface area contributed by atoms with Gasteiger partial charge in [0.2, 0.25) is 5.78 Å². The van der Waals surface area contributed by atoms with E-state index in [0.717, 1.165) is 9.54 Å². The highest BCUT2D eigenvalue weighted by atomic mass is 32.2. The summed E-state index contributed by atoms with van der Waals surface area (Å²) >= 11 is 0. The van der Waals surface area contributed by atoms with Crippen LogP contribution in [-0.2, 0) is 25.6 Å². The molecule has 1 saturated carbocycles. The molecule has 1 aromatic heterocycles. The number of sulfone groups is 1. The van der Waals surface area contributed by atoms with Crippen LogP contribution in [-0.4, -0.2) is 50.8 Å². The number of aryl methyl sites for hydroxylation is 2. The molecular formula is C26H27N3O5S2. The SMILES string of the molecule is Cc1ccc(S(=O)(=O)n2c(C(=O)C(C#N)=CN(C)C)cc3cc(C)c(CS(=O)(=O)C4CC4)cc32)cc1. The lowest BCUT2D eigenvalue weighted by atomic mass is 10.1. The van der Waals surface area contributed by atoms with Crippen molar-refractivity contribution in [2.45, 2.75) is 42.6 Å². The Kier molecular flexibility index (Phi) is 6.58. The normalized spacial score (nSPS) is 14.6. The predicted molar refractivity (Wildman–Crippen MR) is 138 cm³/mol. The number of ketones is 1. The highest BCUT2D eigenvalue weighted by Gasteiger charge is 2.36. The summed E-state index contributed by atoms with van der Waals surface area (Å²) in [6.07, 6.45) is 2.60. The van der Waals surface area contributed by atoms with Crippen LogP contribution < -0.4 is 0 Å². The molecule has 0 N–H and O–H groups in total. The first-order valence-corrected chi connectivity index (χ1v) is 14.5. The molecule has 1 fully saturated rings. The Labute approximate surface area is 211 Å². The summed E-state index contributed by atoms with van der Waals surface area (Å²) in [7, 11) is -4.32. The Morgan fingerprint density at radius 2 is 1.72 bits per heavy atom. The second-order valence-corrected chi connectivity index (χ2v) is 13.5. The van der Waals surface area contributed by atoms with E-state index >= 15 is 0 Å². The molecule has 0 atom stereocenters. The number of carbonyl (C=O) groups excluding carboxylic acids is 1. The number of nitriles is 1. The summed E-state index contributed by atoms with van der Waals surface area (Å²) in [5, 5.41) is 9.71. The molecule has 1 aliphatic rings. The van der Waals surface area contributed by atoms with Gasteiger partial charge >= 0.3 is 0 Å². The van der Waals surface area contributed by atoms with Crippen LogP contribution in [0.25, 0.3) is 10.9 Å². The van der Waals surface area contributed by atoms with E-state index in [9.17, 15) is 26.9 Å². The number of benzene rings is 2. The maximum absolute atomic E-state index is 13.9. The lowest BCUT2D eigenvalue weighted by Gasteiger charge is -2.14. The van der Waals surface area contributed by atoms with Crippen molar-refractivity contribution < 1.29 is 21.6 Å². The van der Waals surface area contributed by atoms with Crippen molar-refractivity contribution in [2.24, 2.45) is 0 Å². The Hall–Kier alpha value is -3.42. The molecule has 0 spiro atoms. The number of carbonyl (C=O) groups is 1. The van der Waals surface area contributed by atoms with E-state index in [2.05, 4.69) is 0 Å². The van der Waals surface area contributed by atoms with Gasteiger partial charge in [-0.1, -0.05) is 17.7 Å². The van der Waals surface area contributed by atoms with Crippen LogP contribution in [0.15, 0.2) is 59.1 Å². The minimum atomic E-state index is -4.27. The Balaban J connectivity index is 2.00. The van der Waals surface area contributed by atoms with E-state index in [1.54, 1.807) is 39.2 Å². The largest absolute Gasteiger partial charge is 0.382 e. The van der Waals surface area contributed by atoms with Crippen LogP contribution >= 0.6 is 0 Å². The average molecular weight is 526 g/mol. The average Bonchev–Trinajstić information content (AvgIpc) is 3.60. The summed E-state index contributed by atoms with van der Waals surface area (Å²) in [5.41, 5.74) is 1.80. The van der Waals surface area contributed by atoms with Gasteiger partial charge in [0.05, 0.1) is 21.4 Å². The van der Waals surface area contributed by atoms with Crippen LogP contribution in [0.3, 0.4) is 0 Å². The second kappa shape index (κ2) is 9.22. The summed E-state index contributed by atoms with van der Waals surface area (Å²) in [6, 6.07) is 12.7. The first kappa shape index (κ1) is 25.7. The van der Waals surface area contributed by atoms with Gasteiger partial charge in [-0.15, -0.1) is 0 Å². The third kappa shape index (κ3) is 4.81. The fraction of sp³-hybridized carbons (Fsp3) is 0.308. The van der Waals surface area contributed by atoms with Crippen molar-refractivity contribution in [1.82, 2.24) is 8.87 Å². The van der Waals surface area contributed by atoms with E-state index in [-0.39, 0.29) is 32.7 Å². The van der Waals surface area contributed by atoms with Crippen molar-refractivity contribution in [3.05, 3.63) is 76.6 Å². The summed E-state index contributed by atoms with van der Waals surface area (Å²) < 4.78 is 54.1. The Morgan fingerprint density at radius 3 is 2.28 bits per heavy atom. The van der Waals surface area contributed by atoms with E-state index < -0.39 is 25.6 Å². The van der Waals surface area contributed by atoms with Gasteiger partial charge in [-0.2, -0.15) is 5.26 Å². The highest BCUT2D eigenvalue weighted by Crippen LogP contribution is 2.34. The number of allylic oxidation sites excluding steroid dienone is 1. The van der Waals surface area contributed by atoms with Crippen LogP contribution in [0.4, 0.5) is 0 Å². The molecule has 0 aliphatic heterocycles. The Bertz CT molecular complexity index is 1650. The monoisotopic (exact) mass is 525 g/mol. The number of Topliss-reactive ketones (excluding diaryl/α,β-unsaturated/α-hetero) is 1. The molecule has 36 heavy (non-hydrogen) atoms. The van der Waals surface area contributed by atoms with Crippen LogP contribution in [0.2, 0.25) is 0 Å². The van der Waals surface area contributed by atoms with Gasteiger partial charge in [0.25, 0.3) is 10.0 Å². The fourth-order valence-corrected chi connectivity index (χ4v) is 7.41. The molecule has 0 unspecified atom stereocenters. The third-order valence-corrected chi connectivity index (χ3v) is 10.1. The number of fused-ring (bicyclic) bond motifs is 1. The molecule has 0 radical (unpaired) electrons. The second-order valence-electron chi connectivity index (χ2n) is 9.40. The third-order valence-electron chi connectivity index (χ3n) is 6.15. The molecular weight excluding hydrogens is 498 g/mol. The number of nitrogens with zero attached hydrogens (tertiary/aromatic N) is 3. The lowest BCUT2D eigenvalue weighted by Crippen LogP contribution is -2.20. The number of hydrogen-bond donors (Lipinski definition) is 0. The van der Waals surface area contributed by atoms with E-state index in [1.165, 1.54) is 35.4 Å². The quantitative estimate of drug-likeness (QED) is 0.250. The molecule has 0 saturated heterocycles. The molecule has 4 rings (SSSR count). The molecule has 10 heteroatoms. The highest BCUT2D eigenvalue weighted by molar-refractivity contribution is 7.91. The van der Waals surface area contributed by atoms with Gasteiger partial charge in [0.1, 0.15) is 17.3 Å². The standard InChI is InChI=1S/C26H27N3O5S2/c1-17-5-7-23(8-6-17)36(33,34)29-24-13-20(16-35(31,32)22-9-10-22)18(2)11-19(24)12-25(29)26(30)21(14-27)15-28(3)4/h5-8,11-13,15,22H,9-10,16H2,1-4H3. The van der Waals surface area contributed by atoms with Crippen molar-refractivity contribution in [2.75, 3.05) is 14.1 Å². The van der Waals surface area contributed by atoms with E-state index in [1.807, 2.05) is 13.0 Å². The van der Waals surface area contributed by atoms with Gasteiger partial charge in [-0.25, -0.2) is 20.8 Å². The molecule has 1 aliphatic carbocycles. The molecule has 188 valence electrons. The molecule has 1 heterocycles. The zero-order chi connectivity index (χ0) is 26.4. The fourth-order valence-electron chi connectivity index (χ4n) is 4.07. The maximum atomic E-state index is 13.9. The van der Waals surface area contributed by atoms with Gasteiger partial charge in [-0.3, -0.25) is 4.79 Å². The summed E-state index contributed by atoms with van der Waals surface area (Å²) in [5.74, 6) is -0.953. The number of aromatic nitrogens is 1. The Morgan fingerprint density at radius 1 is 1.08 bits per heavy atom. The zero-order valence-corrected chi connectivity index (χ0v) is 22.1. The smallest absolute Gasteiger partial charge is 0.268 e. The minimum absolute atomic E-state index is 0.0255. The van der Waals surface area contributed by atoms with Gasteiger partial charge in [0, 0.05) is 25.7 Å². The van der Waals surface area contributed by atoms with Gasteiger partial charge in [-0.05, 0) is 68.1 Å². The first-order valence-electron chi connectivity index (χ1n) is 11.4. The first-order chi connectivity index (χ1) is 16.8. The van der Waals surface area contributed by atoms with Crippen LogP contribution in [0, 0.1) is 25.2 Å². The maximum Gasteiger partial charge on any atom is 0.268 e. The minimum Gasteiger partial charge on any atom is -0.382 e. The molecule has 3 aromatic rings. The van der Waals surface area contributed by atoms with Crippen molar-refractivity contribution in [3.63, 3.8) is 0 Å². The topological polar surface area (TPSA) is 117 Å². The molecule has 0 bridgehead atoms. The molecule has 2 aromatic carbocycles. The van der Waals surface area contributed by atoms with E-state index in [0.29, 0.717) is 29.4 Å². The van der Waals surface area contributed by atoms with Gasteiger partial charge in [0.15, 0.2) is 9.84 Å². The van der Waals surface area contributed by atoms with Crippen LogP contribution in [0.5, 0.6) is 0 Å². The zero-order valence-electron chi connectivity index (χ0n) is 20.5. The van der Waals surface area contributed by atoms with Gasteiger partial charge < -0.3 is 4.90 Å². The predicted octanol–water partition coefficient (Wildman–Crippen LogP) is 3.72. The number of rotatable bonds is 8. The van der Waals surface area contributed by atoms with Crippen LogP contribution in [0.1, 0.15) is 40.0 Å². The number of hydrogen-bond acceptors (Lipinski definition) is 7.